The van der Waals surface area contributed by atoms with Crippen molar-refractivity contribution in [3.8, 4) is 0 Å². The molecule has 0 radical (unpaired) electrons. The highest BCUT2D eigenvalue weighted by Gasteiger charge is 2.18. The van der Waals surface area contributed by atoms with E-state index in [9.17, 15) is 15.0 Å². The monoisotopic (exact) mass is 368 g/mol. The van der Waals surface area contributed by atoms with Crippen molar-refractivity contribution in [2.24, 2.45) is 5.41 Å². The SMILES string of the molecule is C/C(=C(CCO)/[SH]=C(\O)C(C)(C)C)N(C=O)Cc1cnc(C)nc1N. The number of hydrogen-bond acceptors (Lipinski definition) is 5. The fourth-order valence-corrected chi connectivity index (χ4v) is 3.03. The van der Waals surface area contributed by atoms with Crippen molar-refractivity contribution in [1.29, 1.82) is 0 Å². The van der Waals surface area contributed by atoms with Crippen LogP contribution >= 0.6 is 11.4 Å². The number of nitrogens with zero attached hydrogens (tertiary/aromatic N) is 3. The second-order valence-electron chi connectivity index (χ2n) is 6.75. The van der Waals surface area contributed by atoms with E-state index in [4.69, 9.17) is 5.73 Å². The van der Waals surface area contributed by atoms with E-state index in [0.717, 1.165) is 4.91 Å². The summed E-state index contributed by atoms with van der Waals surface area (Å²) in [4.78, 5) is 22.1. The van der Waals surface area contributed by atoms with Crippen LogP contribution in [-0.4, -0.2) is 43.1 Å². The number of nitrogen functional groups attached to an aromatic ring is 1. The van der Waals surface area contributed by atoms with Crippen molar-refractivity contribution < 1.29 is 15.0 Å². The number of hydrogen-bond donors (Lipinski definition) is 4. The molecule has 0 saturated heterocycles. The van der Waals surface area contributed by atoms with Gasteiger partial charge in [0.2, 0.25) is 6.41 Å². The van der Waals surface area contributed by atoms with Crippen LogP contribution in [0.15, 0.2) is 16.8 Å². The van der Waals surface area contributed by atoms with Crippen LogP contribution in [0.1, 0.15) is 45.5 Å². The lowest BCUT2D eigenvalue weighted by Gasteiger charge is -2.23. The van der Waals surface area contributed by atoms with Gasteiger partial charge in [0.1, 0.15) is 11.6 Å². The van der Waals surface area contributed by atoms with Gasteiger partial charge in [-0.05, 0) is 18.8 Å². The van der Waals surface area contributed by atoms with Gasteiger partial charge in [-0.15, -0.1) is 11.4 Å². The van der Waals surface area contributed by atoms with Crippen LogP contribution in [0.4, 0.5) is 5.82 Å². The maximum absolute atomic E-state index is 11.6. The first kappa shape index (κ1) is 21.3. The molecule has 0 aliphatic carbocycles. The van der Waals surface area contributed by atoms with Gasteiger partial charge in [-0.3, -0.25) is 4.79 Å². The van der Waals surface area contributed by atoms with Gasteiger partial charge in [-0.25, -0.2) is 9.97 Å². The number of anilines is 1. The lowest BCUT2D eigenvalue weighted by molar-refractivity contribution is -0.116. The second-order valence-corrected chi connectivity index (χ2v) is 7.94. The number of aromatic nitrogens is 2. The maximum atomic E-state index is 11.6. The summed E-state index contributed by atoms with van der Waals surface area (Å²) in [7, 11) is 0. The van der Waals surface area contributed by atoms with Crippen LogP contribution in [0, 0.1) is 12.3 Å². The Kier molecular flexibility index (Phi) is 7.72. The van der Waals surface area contributed by atoms with E-state index in [1.165, 1.54) is 4.90 Å². The predicted octanol–water partition coefficient (Wildman–Crippen LogP) is 2.14. The highest BCUT2D eigenvalue weighted by Crippen LogP contribution is 2.26. The molecule has 0 aromatic carbocycles. The topological polar surface area (TPSA) is 113 Å². The van der Waals surface area contributed by atoms with Crippen LogP contribution in [-0.2, 0) is 11.3 Å². The minimum Gasteiger partial charge on any atom is -0.396 e. The number of amides is 1. The third-order valence-electron chi connectivity index (χ3n) is 3.60. The number of allylic oxidation sites excluding steroid dienone is 1. The van der Waals surface area contributed by atoms with Gasteiger partial charge in [-0.2, -0.15) is 0 Å². The zero-order valence-electron chi connectivity index (χ0n) is 15.4. The zero-order valence-corrected chi connectivity index (χ0v) is 16.3. The molecule has 0 aliphatic rings. The first-order valence-corrected chi connectivity index (χ1v) is 8.88. The van der Waals surface area contributed by atoms with E-state index in [0.29, 0.717) is 47.1 Å². The van der Waals surface area contributed by atoms with Crippen LogP contribution in [0.25, 0.3) is 0 Å². The molecule has 140 valence electrons. The second kappa shape index (κ2) is 9.07. The van der Waals surface area contributed by atoms with E-state index >= 15 is 0 Å². The standard InChI is InChI=1S/C17H28N4O3S/c1-11(14(6-7-22)25-16(24)17(3,4)5)21(10-23)9-13-8-19-12(2)20-15(13)18/h8,10,22,24-25H,6-7,9H2,1-5H3,(H2,18,19,20)/b14-11-. The Morgan fingerprint density at radius 3 is 2.56 bits per heavy atom. The number of aryl methyl sites for hydroxylation is 1. The van der Waals surface area contributed by atoms with Crippen molar-refractivity contribution in [3.63, 3.8) is 0 Å². The third kappa shape index (κ3) is 6.22. The fourth-order valence-electron chi connectivity index (χ4n) is 1.94. The van der Waals surface area contributed by atoms with Crippen molar-refractivity contribution in [3.05, 3.63) is 28.2 Å². The summed E-state index contributed by atoms with van der Waals surface area (Å²) in [5.41, 5.74) is 6.82. The summed E-state index contributed by atoms with van der Waals surface area (Å²) in [5, 5.41) is 19.9. The Bertz CT molecular complexity index is 681. The van der Waals surface area contributed by atoms with Crippen LogP contribution in [0.3, 0.4) is 0 Å². The summed E-state index contributed by atoms with van der Waals surface area (Å²) in [6.07, 6.45) is 2.66. The minimum atomic E-state index is -0.385. The number of carbonyl (C=O) groups is 1. The summed E-state index contributed by atoms with van der Waals surface area (Å²) >= 11 is 0.595. The minimum absolute atomic E-state index is 0.0699. The molecule has 0 saturated carbocycles. The predicted molar refractivity (Wildman–Crippen MR) is 103 cm³/mol. The maximum Gasteiger partial charge on any atom is 0.214 e. The van der Waals surface area contributed by atoms with Gasteiger partial charge in [-0.1, -0.05) is 20.8 Å². The molecule has 0 aliphatic heterocycles. The van der Waals surface area contributed by atoms with Crippen LogP contribution < -0.4 is 5.73 Å². The molecular formula is C17H28N4O3S. The quantitative estimate of drug-likeness (QED) is 0.333. The fraction of sp³-hybridized carbons (Fsp3) is 0.529. The summed E-state index contributed by atoms with van der Waals surface area (Å²) in [6.45, 7) is 9.40. The molecule has 1 heterocycles. The van der Waals surface area contributed by atoms with Gasteiger partial charge < -0.3 is 20.8 Å². The van der Waals surface area contributed by atoms with Crippen molar-refractivity contribution in [1.82, 2.24) is 14.9 Å². The van der Waals surface area contributed by atoms with Crippen LogP contribution in [0.2, 0.25) is 0 Å². The summed E-state index contributed by atoms with van der Waals surface area (Å²) < 4.78 is 0. The zero-order chi connectivity index (χ0) is 19.2. The third-order valence-corrected chi connectivity index (χ3v) is 5.29. The first-order chi connectivity index (χ1) is 11.6. The summed E-state index contributed by atoms with van der Waals surface area (Å²) in [6, 6.07) is 0. The number of thiol groups is 1. The Labute approximate surface area is 152 Å². The van der Waals surface area contributed by atoms with Crippen molar-refractivity contribution >= 4 is 28.6 Å². The first-order valence-electron chi connectivity index (χ1n) is 7.98. The van der Waals surface area contributed by atoms with Crippen molar-refractivity contribution in [2.75, 3.05) is 12.3 Å². The Balaban J connectivity index is 3.23. The van der Waals surface area contributed by atoms with E-state index in [-0.39, 0.29) is 23.6 Å². The molecule has 7 nitrogen and oxygen atoms in total. The smallest absolute Gasteiger partial charge is 0.214 e. The normalized spacial score (nSPS) is 13.8. The van der Waals surface area contributed by atoms with Crippen LogP contribution in [0.5, 0.6) is 0 Å². The average molecular weight is 369 g/mol. The van der Waals surface area contributed by atoms with Gasteiger partial charge in [0, 0.05) is 35.9 Å². The number of carbonyl (C=O) groups excluding carboxylic acids is 1. The Hall–Kier alpha value is -1.77. The number of aliphatic hydroxyl groups is 2. The lowest BCUT2D eigenvalue weighted by Crippen LogP contribution is -2.22. The molecule has 0 atom stereocenters. The highest BCUT2D eigenvalue weighted by molar-refractivity contribution is 8.02. The van der Waals surface area contributed by atoms with E-state index < -0.39 is 0 Å². The molecule has 0 bridgehead atoms. The molecular weight excluding hydrogens is 340 g/mol. The van der Waals surface area contributed by atoms with Gasteiger partial charge in [0.05, 0.1) is 11.6 Å². The average Bonchev–Trinajstić information content (AvgIpc) is 2.52. The van der Waals surface area contributed by atoms with Crippen molar-refractivity contribution in [2.45, 2.75) is 47.6 Å². The van der Waals surface area contributed by atoms with E-state index in [1.807, 2.05) is 20.8 Å². The molecule has 8 heteroatoms. The molecule has 1 aromatic rings. The van der Waals surface area contributed by atoms with E-state index in [2.05, 4.69) is 9.97 Å². The highest BCUT2D eigenvalue weighted by atomic mass is 32.1. The number of rotatable bonds is 7. The summed E-state index contributed by atoms with van der Waals surface area (Å²) in [5.74, 6) is 0.896. The molecule has 25 heavy (non-hydrogen) atoms. The van der Waals surface area contributed by atoms with Gasteiger partial charge >= 0.3 is 0 Å². The number of nitrogens with two attached hydrogens (primary N) is 1. The van der Waals surface area contributed by atoms with Gasteiger partial charge in [0.15, 0.2) is 0 Å². The molecule has 1 aromatic heterocycles. The molecule has 0 spiro atoms. The molecule has 0 fully saturated rings. The molecule has 0 unspecified atom stereocenters. The van der Waals surface area contributed by atoms with Gasteiger partial charge in [0.25, 0.3) is 0 Å². The number of aliphatic hydroxyl groups excluding tert-OH is 2. The largest absolute Gasteiger partial charge is 0.396 e. The van der Waals surface area contributed by atoms with E-state index in [1.54, 1.807) is 20.0 Å². The Morgan fingerprint density at radius 1 is 1.44 bits per heavy atom. The Morgan fingerprint density at radius 2 is 2.08 bits per heavy atom. The lowest BCUT2D eigenvalue weighted by atomic mass is 9.99. The molecule has 4 N–H and O–H groups in total. The molecule has 1 rings (SSSR count). The molecule has 1 amide bonds.